The van der Waals surface area contributed by atoms with Crippen LogP contribution < -0.4 is 0 Å². The predicted octanol–water partition coefficient (Wildman–Crippen LogP) is 1.11. The topological polar surface area (TPSA) is 70.4 Å². The van der Waals surface area contributed by atoms with Crippen LogP contribution in [0.5, 0.6) is 0 Å². The van der Waals surface area contributed by atoms with Crippen molar-refractivity contribution in [1.29, 1.82) is 0 Å². The summed E-state index contributed by atoms with van der Waals surface area (Å²) in [6, 6.07) is 5.17. The zero-order valence-corrected chi connectivity index (χ0v) is 9.20. The van der Waals surface area contributed by atoms with Crippen LogP contribution in [0.25, 0.3) is 0 Å². The zero-order valence-electron chi connectivity index (χ0n) is 8.38. The number of hydrogen-bond acceptors (Lipinski definition) is 4. The Morgan fingerprint density at radius 3 is 2.80 bits per heavy atom. The monoisotopic (exact) mass is 227 g/mol. The highest BCUT2D eigenvalue weighted by atomic mass is 32.2. The van der Waals surface area contributed by atoms with Crippen molar-refractivity contribution >= 4 is 17.7 Å². The minimum atomic E-state index is -1.09. The Kier molecular flexibility index (Phi) is 4.11. The summed E-state index contributed by atoms with van der Waals surface area (Å²) in [5.74, 6) is -0.570. The molecule has 4 nitrogen and oxygen atoms in total. The van der Waals surface area contributed by atoms with E-state index >= 15 is 0 Å². The van der Waals surface area contributed by atoms with Gasteiger partial charge < -0.3 is 10.2 Å². The van der Waals surface area contributed by atoms with E-state index in [1.165, 1.54) is 11.8 Å². The second kappa shape index (κ2) is 5.14. The van der Waals surface area contributed by atoms with Crippen LogP contribution in [0.15, 0.2) is 24.4 Å². The van der Waals surface area contributed by atoms with Gasteiger partial charge in [-0.05, 0) is 19.1 Å². The van der Waals surface area contributed by atoms with E-state index in [0.29, 0.717) is 11.4 Å². The van der Waals surface area contributed by atoms with Crippen molar-refractivity contribution in [2.75, 3.05) is 12.4 Å². The molecule has 5 heteroatoms. The average Bonchev–Trinajstić information content (AvgIpc) is 2.27. The van der Waals surface area contributed by atoms with Crippen LogP contribution in [0.4, 0.5) is 0 Å². The fourth-order valence-corrected chi connectivity index (χ4v) is 2.03. The van der Waals surface area contributed by atoms with Crippen LogP contribution in [0.2, 0.25) is 0 Å². The number of aliphatic carboxylic acids is 1. The Morgan fingerprint density at radius 2 is 2.33 bits per heavy atom. The second-order valence-electron chi connectivity index (χ2n) is 3.13. The second-order valence-corrected chi connectivity index (χ2v) is 4.64. The smallest absolute Gasteiger partial charge is 0.325 e. The van der Waals surface area contributed by atoms with E-state index in [1.807, 2.05) is 0 Å². The first-order valence-corrected chi connectivity index (χ1v) is 5.49. The molecule has 0 aliphatic carbocycles. The van der Waals surface area contributed by atoms with E-state index in [2.05, 4.69) is 4.98 Å². The molecule has 1 atom stereocenters. The molecule has 82 valence electrons. The molecular weight excluding hydrogens is 214 g/mol. The Bertz CT molecular complexity index is 331. The van der Waals surface area contributed by atoms with E-state index in [-0.39, 0.29) is 6.61 Å². The summed E-state index contributed by atoms with van der Waals surface area (Å²) in [6.07, 6.45) is 1.57. The maximum Gasteiger partial charge on any atom is 0.325 e. The van der Waals surface area contributed by atoms with E-state index in [9.17, 15) is 9.90 Å². The van der Waals surface area contributed by atoms with Gasteiger partial charge >= 0.3 is 5.97 Å². The fourth-order valence-electron chi connectivity index (χ4n) is 1.14. The third-order valence-electron chi connectivity index (χ3n) is 2.04. The molecule has 1 unspecified atom stereocenters. The van der Waals surface area contributed by atoms with Crippen molar-refractivity contribution in [3.05, 3.63) is 30.1 Å². The van der Waals surface area contributed by atoms with Gasteiger partial charge in [0.05, 0.1) is 12.3 Å². The number of carboxylic acid groups (broad SMARTS) is 1. The Hall–Kier alpha value is -1.07. The molecule has 0 radical (unpaired) electrons. The van der Waals surface area contributed by atoms with Crippen molar-refractivity contribution in [2.45, 2.75) is 11.7 Å². The summed E-state index contributed by atoms with van der Waals surface area (Å²) >= 11 is 1.17. The summed E-state index contributed by atoms with van der Waals surface area (Å²) < 4.78 is -1.09. The number of rotatable bonds is 5. The Labute approximate surface area is 92.3 Å². The molecule has 1 rings (SSSR count). The zero-order chi connectivity index (χ0) is 11.3. The highest BCUT2D eigenvalue weighted by Gasteiger charge is 2.36. The molecule has 0 saturated carbocycles. The van der Waals surface area contributed by atoms with Crippen molar-refractivity contribution in [3.8, 4) is 0 Å². The molecule has 2 N–H and O–H groups in total. The van der Waals surface area contributed by atoms with Gasteiger partial charge in [-0.15, -0.1) is 11.8 Å². The van der Waals surface area contributed by atoms with E-state index in [0.717, 1.165) is 0 Å². The molecule has 1 heterocycles. The number of hydrogen-bond donors (Lipinski definition) is 2. The quantitative estimate of drug-likeness (QED) is 0.788. The highest BCUT2D eigenvalue weighted by Crippen LogP contribution is 2.34. The maximum atomic E-state index is 11.2. The molecule has 0 bridgehead atoms. The van der Waals surface area contributed by atoms with Crippen molar-refractivity contribution in [3.63, 3.8) is 0 Å². The SMILES string of the molecule is CC(SCCO)(C(=O)O)c1ccccn1. The molecule has 0 fully saturated rings. The van der Waals surface area contributed by atoms with E-state index in [1.54, 1.807) is 31.3 Å². The van der Waals surface area contributed by atoms with Crippen LogP contribution in [-0.2, 0) is 9.54 Å². The molecule has 15 heavy (non-hydrogen) atoms. The van der Waals surface area contributed by atoms with Gasteiger partial charge in [-0.25, -0.2) is 0 Å². The lowest BCUT2D eigenvalue weighted by Crippen LogP contribution is -2.30. The summed E-state index contributed by atoms with van der Waals surface area (Å²) in [5.41, 5.74) is 0.496. The van der Waals surface area contributed by atoms with Crippen LogP contribution in [-0.4, -0.2) is 33.5 Å². The third-order valence-corrected chi connectivity index (χ3v) is 3.39. The summed E-state index contributed by atoms with van der Waals surface area (Å²) in [7, 11) is 0. The Morgan fingerprint density at radius 1 is 1.60 bits per heavy atom. The van der Waals surface area contributed by atoms with Crippen LogP contribution >= 0.6 is 11.8 Å². The molecule has 0 amide bonds. The lowest BCUT2D eigenvalue weighted by Gasteiger charge is -2.22. The Balaban J connectivity index is 2.96. The number of aliphatic hydroxyl groups excluding tert-OH is 1. The largest absolute Gasteiger partial charge is 0.480 e. The lowest BCUT2D eigenvalue weighted by atomic mass is 10.1. The van der Waals surface area contributed by atoms with E-state index in [4.69, 9.17) is 5.11 Å². The fraction of sp³-hybridized carbons (Fsp3) is 0.400. The maximum absolute atomic E-state index is 11.2. The summed E-state index contributed by atoms with van der Waals surface area (Å²) in [5, 5.41) is 17.9. The van der Waals surface area contributed by atoms with Gasteiger partial charge in [0.1, 0.15) is 0 Å². The number of thioether (sulfide) groups is 1. The third kappa shape index (κ3) is 2.70. The highest BCUT2D eigenvalue weighted by molar-refractivity contribution is 8.00. The minimum absolute atomic E-state index is 0.0413. The first-order chi connectivity index (χ1) is 7.11. The van der Waals surface area contributed by atoms with Gasteiger partial charge in [-0.3, -0.25) is 9.78 Å². The molecule has 0 aliphatic heterocycles. The van der Waals surface area contributed by atoms with Gasteiger partial charge in [-0.2, -0.15) is 0 Å². The number of carboxylic acids is 1. The molecule has 1 aromatic heterocycles. The standard InChI is InChI=1S/C10H13NO3S/c1-10(9(13)14,15-7-6-12)8-4-2-3-5-11-8/h2-5,12H,6-7H2,1H3,(H,13,14). The first kappa shape index (κ1) is 12.0. The predicted molar refractivity (Wildman–Crippen MR) is 58.8 cm³/mol. The average molecular weight is 227 g/mol. The molecule has 0 aromatic carbocycles. The molecule has 1 aromatic rings. The number of carbonyl (C=O) groups is 1. The van der Waals surface area contributed by atoms with Gasteiger partial charge in [0, 0.05) is 11.9 Å². The van der Waals surface area contributed by atoms with Gasteiger partial charge in [0.15, 0.2) is 4.75 Å². The molecule has 0 saturated heterocycles. The normalized spacial score (nSPS) is 14.5. The van der Waals surface area contributed by atoms with Gasteiger partial charge in [0.25, 0.3) is 0 Å². The van der Waals surface area contributed by atoms with Crippen molar-refractivity contribution < 1.29 is 15.0 Å². The number of aliphatic hydroxyl groups is 1. The number of nitrogens with zero attached hydrogens (tertiary/aromatic N) is 1. The number of pyridine rings is 1. The summed E-state index contributed by atoms with van der Waals surface area (Å²) in [6.45, 7) is 1.55. The minimum Gasteiger partial charge on any atom is -0.480 e. The van der Waals surface area contributed by atoms with Gasteiger partial charge in [-0.1, -0.05) is 6.07 Å². The van der Waals surface area contributed by atoms with Crippen LogP contribution in [0.1, 0.15) is 12.6 Å². The van der Waals surface area contributed by atoms with Crippen molar-refractivity contribution in [2.24, 2.45) is 0 Å². The number of aromatic nitrogens is 1. The van der Waals surface area contributed by atoms with Crippen molar-refractivity contribution in [1.82, 2.24) is 4.98 Å². The van der Waals surface area contributed by atoms with Gasteiger partial charge in [0.2, 0.25) is 0 Å². The van der Waals surface area contributed by atoms with Crippen LogP contribution in [0.3, 0.4) is 0 Å². The first-order valence-electron chi connectivity index (χ1n) is 4.51. The lowest BCUT2D eigenvalue weighted by molar-refractivity contribution is -0.139. The summed E-state index contributed by atoms with van der Waals surface area (Å²) in [4.78, 5) is 15.2. The van der Waals surface area contributed by atoms with Crippen LogP contribution in [0, 0.1) is 0 Å². The molecule has 0 aliphatic rings. The molecule has 0 spiro atoms. The molecular formula is C10H13NO3S. The van der Waals surface area contributed by atoms with E-state index < -0.39 is 10.7 Å².